The van der Waals surface area contributed by atoms with E-state index in [0.29, 0.717) is 30.0 Å². The molecule has 0 spiro atoms. The number of aromatic amines is 1. The maximum absolute atomic E-state index is 13.4. The zero-order valence-corrected chi connectivity index (χ0v) is 16.1. The van der Waals surface area contributed by atoms with Crippen molar-refractivity contribution in [2.24, 2.45) is 17.8 Å². The first kappa shape index (κ1) is 16.8. The molecule has 6 nitrogen and oxygen atoms in total. The van der Waals surface area contributed by atoms with E-state index >= 15 is 0 Å². The Kier molecular flexibility index (Phi) is 3.90. The van der Waals surface area contributed by atoms with Crippen molar-refractivity contribution in [2.75, 3.05) is 33.2 Å². The number of carbonyl (C=O) groups is 1. The van der Waals surface area contributed by atoms with Gasteiger partial charge in [0, 0.05) is 56.0 Å². The third-order valence-corrected chi connectivity index (χ3v) is 7.24. The molecule has 4 aliphatic heterocycles. The molecule has 6 heteroatoms. The van der Waals surface area contributed by atoms with Crippen molar-refractivity contribution >= 4 is 5.91 Å². The molecule has 6 atom stereocenters. The van der Waals surface area contributed by atoms with Crippen molar-refractivity contribution in [3.05, 3.63) is 17.2 Å². The molecule has 0 radical (unpaired) electrons. The molecular weight excluding hydrogens is 328 g/mol. The second-order valence-corrected chi connectivity index (χ2v) is 8.84. The summed E-state index contributed by atoms with van der Waals surface area (Å²) in [5.41, 5.74) is 2.23. The van der Waals surface area contributed by atoms with Gasteiger partial charge in [-0.1, -0.05) is 6.92 Å². The third-order valence-electron chi connectivity index (χ3n) is 7.24. The fourth-order valence-corrected chi connectivity index (χ4v) is 5.97. The normalized spacial score (nSPS) is 39.1. The zero-order valence-electron chi connectivity index (χ0n) is 16.1. The summed E-state index contributed by atoms with van der Waals surface area (Å²) in [5.74, 6) is 2.76. The minimum atomic E-state index is 0.0316. The van der Waals surface area contributed by atoms with Gasteiger partial charge in [-0.25, -0.2) is 4.98 Å². The van der Waals surface area contributed by atoms with Gasteiger partial charge in [-0.15, -0.1) is 0 Å². The molecule has 4 saturated heterocycles. The Hall–Kier alpha value is -1.40. The van der Waals surface area contributed by atoms with E-state index < -0.39 is 0 Å². The quantitative estimate of drug-likeness (QED) is 0.891. The number of H-pyrrole nitrogens is 1. The van der Waals surface area contributed by atoms with Gasteiger partial charge in [0.1, 0.15) is 5.82 Å². The Balaban J connectivity index is 1.36. The summed E-state index contributed by atoms with van der Waals surface area (Å²) in [6, 6.07) is 0. The monoisotopic (exact) mass is 358 g/mol. The summed E-state index contributed by atoms with van der Waals surface area (Å²) in [5, 5.41) is 0. The Labute approximate surface area is 155 Å². The standard InChI is InChI=1S/C20H30N4O2/c1-4-18-21-11(2)19(22-18)14-7-23(3)8-15(14)20(25)24-9-12-13(10-24)17-6-5-16(12)26-17/h12-17H,4-10H2,1-3H3,(H,21,22)/t12-,13+,14-,15-,16+,17-/m0/s1. The Morgan fingerprint density at radius 3 is 2.50 bits per heavy atom. The van der Waals surface area contributed by atoms with Gasteiger partial charge >= 0.3 is 0 Å². The SMILES string of the molecule is CCc1nc([C@H]2CN(C)C[C@@H]2C(=O)N2C[C@@H]3[C@H](C2)[C@H]2CC[C@@H]3O2)c(C)[nH]1. The van der Waals surface area contributed by atoms with Crippen molar-refractivity contribution in [1.29, 1.82) is 0 Å². The molecule has 26 heavy (non-hydrogen) atoms. The number of amides is 1. The van der Waals surface area contributed by atoms with E-state index in [0.717, 1.165) is 49.8 Å². The summed E-state index contributed by atoms with van der Waals surface area (Å²) in [6.07, 6.45) is 4.10. The Morgan fingerprint density at radius 1 is 1.19 bits per heavy atom. The van der Waals surface area contributed by atoms with Crippen molar-refractivity contribution in [3.63, 3.8) is 0 Å². The van der Waals surface area contributed by atoms with Crippen molar-refractivity contribution in [1.82, 2.24) is 19.8 Å². The summed E-state index contributed by atoms with van der Waals surface area (Å²) in [7, 11) is 2.12. The number of hydrogen-bond acceptors (Lipinski definition) is 4. The molecule has 2 bridgehead atoms. The second kappa shape index (κ2) is 6.06. The number of aromatic nitrogens is 2. The smallest absolute Gasteiger partial charge is 0.227 e. The predicted molar refractivity (Wildman–Crippen MR) is 97.9 cm³/mol. The van der Waals surface area contributed by atoms with Crippen LogP contribution in [0.5, 0.6) is 0 Å². The molecule has 1 aromatic rings. The zero-order chi connectivity index (χ0) is 18.0. The molecule has 0 saturated carbocycles. The van der Waals surface area contributed by atoms with Gasteiger partial charge in [0.15, 0.2) is 0 Å². The molecule has 1 N–H and O–H groups in total. The maximum Gasteiger partial charge on any atom is 0.227 e. The van der Waals surface area contributed by atoms with Crippen LogP contribution in [0.2, 0.25) is 0 Å². The number of likely N-dealkylation sites (N-methyl/N-ethyl adjacent to an activating group) is 1. The van der Waals surface area contributed by atoms with Crippen LogP contribution >= 0.6 is 0 Å². The Morgan fingerprint density at radius 2 is 1.88 bits per heavy atom. The number of nitrogens with one attached hydrogen (secondary N) is 1. The van der Waals surface area contributed by atoms with Crippen molar-refractivity contribution < 1.29 is 9.53 Å². The average Bonchev–Trinajstić information content (AvgIpc) is 3.40. The Bertz CT molecular complexity index is 699. The number of aryl methyl sites for hydroxylation is 2. The van der Waals surface area contributed by atoms with Gasteiger partial charge in [0.25, 0.3) is 0 Å². The molecule has 0 aromatic carbocycles. The third kappa shape index (κ3) is 2.45. The highest BCUT2D eigenvalue weighted by Gasteiger charge is 2.55. The average molecular weight is 358 g/mol. The van der Waals surface area contributed by atoms with E-state index in [2.05, 4.69) is 35.7 Å². The molecule has 5 rings (SSSR count). The van der Waals surface area contributed by atoms with E-state index in [9.17, 15) is 4.79 Å². The van der Waals surface area contributed by atoms with E-state index in [1.165, 1.54) is 12.8 Å². The van der Waals surface area contributed by atoms with Crippen molar-refractivity contribution in [2.45, 2.75) is 51.2 Å². The number of fused-ring (bicyclic) bond motifs is 5. The molecule has 4 aliphatic rings. The summed E-state index contributed by atoms with van der Waals surface area (Å²) < 4.78 is 6.07. The fourth-order valence-electron chi connectivity index (χ4n) is 5.97. The first-order valence-electron chi connectivity index (χ1n) is 10.2. The number of nitrogens with zero attached hydrogens (tertiary/aromatic N) is 3. The van der Waals surface area contributed by atoms with Gasteiger partial charge in [0.2, 0.25) is 5.91 Å². The van der Waals surface area contributed by atoms with Gasteiger partial charge < -0.3 is 19.5 Å². The van der Waals surface area contributed by atoms with Crippen LogP contribution < -0.4 is 0 Å². The van der Waals surface area contributed by atoms with Gasteiger partial charge in [0.05, 0.1) is 23.8 Å². The first-order valence-corrected chi connectivity index (χ1v) is 10.2. The number of carbonyl (C=O) groups excluding carboxylic acids is 1. The highest BCUT2D eigenvalue weighted by molar-refractivity contribution is 5.81. The van der Waals surface area contributed by atoms with Gasteiger partial charge in [-0.05, 0) is 26.8 Å². The summed E-state index contributed by atoms with van der Waals surface area (Å²) >= 11 is 0. The van der Waals surface area contributed by atoms with E-state index in [1.807, 2.05) is 0 Å². The first-order chi connectivity index (χ1) is 12.5. The minimum absolute atomic E-state index is 0.0316. The number of imidazole rings is 1. The molecule has 0 aliphatic carbocycles. The molecular formula is C20H30N4O2. The van der Waals surface area contributed by atoms with Crippen LogP contribution in [0.4, 0.5) is 0 Å². The van der Waals surface area contributed by atoms with E-state index in [4.69, 9.17) is 9.72 Å². The molecule has 0 unspecified atom stereocenters. The van der Waals surface area contributed by atoms with Crippen LogP contribution in [-0.2, 0) is 16.0 Å². The summed E-state index contributed by atoms with van der Waals surface area (Å²) in [6.45, 7) is 7.77. The van der Waals surface area contributed by atoms with Gasteiger partial charge in [-0.3, -0.25) is 4.79 Å². The van der Waals surface area contributed by atoms with Crippen molar-refractivity contribution in [3.8, 4) is 0 Å². The van der Waals surface area contributed by atoms with E-state index in [1.54, 1.807) is 0 Å². The van der Waals surface area contributed by atoms with Gasteiger partial charge in [-0.2, -0.15) is 0 Å². The number of hydrogen-bond donors (Lipinski definition) is 1. The van der Waals surface area contributed by atoms with Crippen LogP contribution in [0.25, 0.3) is 0 Å². The van der Waals surface area contributed by atoms with Crippen LogP contribution in [0.1, 0.15) is 42.9 Å². The largest absolute Gasteiger partial charge is 0.374 e. The van der Waals surface area contributed by atoms with E-state index in [-0.39, 0.29) is 11.8 Å². The lowest BCUT2D eigenvalue weighted by Crippen LogP contribution is -2.39. The predicted octanol–water partition coefficient (Wildman–Crippen LogP) is 1.56. The second-order valence-electron chi connectivity index (χ2n) is 8.84. The number of likely N-dealkylation sites (tertiary alicyclic amines) is 2. The minimum Gasteiger partial charge on any atom is -0.374 e. The molecule has 5 heterocycles. The van der Waals surface area contributed by atoms with Crippen LogP contribution in [0.15, 0.2) is 0 Å². The topological polar surface area (TPSA) is 61.5 Å². The molecule has 1 aromatic heterocycles. The number of ether oxygens (including phenoxy) is 1. The maximum atomic E-state index is 13.4. The van der Waals surface area contributed by atoms with Crippen LogP contribution in [0, 0.1) is 24.7 Å². The summed E-state index contributed by atoms with van der Waals surface area (Å²) in [4.78, 5) is 26.1. The lowest BCUT2D eigenvalue weighted by molar-refractivity contribution is -0.135. The van der Waals surface area contributed by atoms with Crippen LogP contribution in [0.3, 0.4) is 0 Å². The molecule has 1 amide bonds. The highest BCUT2D eigenvalue weighted by atomic mass is 16.5. The molecule has 142 valence electrons. The highest BCUT2D eigenvalue weighted by Crippen LogP contribution is 2.48. The van der Waals surface area contributed by atoms with Crippen LogP contribution in [-0.4, -0.2) is 71.1 Å². The molecule has 4 fully saturated rings. The lowest BCUT2D eigenvalue weighted by Gasteiger charge is -2.25. The number of rotatable bonds is 3. The fraction of sp³-hybridized carbons (Fsp3) is 0.800. The lowest BCUT2D eigenvalue weighted by atomic mass is 9.82.